The van der Waals surface area contributed by atoms with E-state index in [1.54, 1.807) is 24.3 Å². The summed E-state index contributed by atoms with van der Waals surface area (Å²) in [6, 6.07) is 14.5. The standard InChI is InChI=1S/C19H17ClN2O4S/c1-12(19(24)21-14-6-4-5-13(20)9-14)26-18(23)11-25-10-17-22-15-7-2-3-8-16(15)27-17/h2-9,12H,10-11H2,1H3,(H,21,24)/t12-/m0/s1. The molecule has 1 aromatic heterocycles. The fourth-order valence-electron chi connectivity index (χ4n) is 2.30. The van der Waals surface area contributed by atoms with Crippen molar-refractivity contribution in [3.05, 3.63) is 58.6 Å². The van der Waals surface area contributed by atoms with Gasteiger partial charge < -0.3 is 14.8 Å². The van der Waals surface area contributed by atoms with Gasteiger partial charge in [0, 0.05) is 10.7 Å². The molecule has 0 spiro atoms. The molecule has 0 aliphatic rings. The highest BCUT2D eigenvalue weighted by molar-refractivity contribution is 7.18. The van der Waals surface area contributed by atoms with Crippen LogP contribution in [0.1, 0.15) is 11.9 Å². The molecule has 0 unspecified atom stereocenters. The average molecular weight is 405 g/mol. The number of nitrogens with zero attached hydrogens (tertiary/aromatic N) is 1. The zero-order valence-corrected chi connectivity index (χ0v) is 16.0. The van der Waals surface area contributed by atoms with E-state index in [1.165, 1.54) is 18.3 Å². The van der Waals surface area contributed by atoms with Gasteiger partial charge in [-0.3, -0.25) is 4.79 Å². The van der Waals surface area contributed by atoms with Crippen LogP contribution >= 0.6 is 22.9 Å². The van der Waals surface area contributed by atoms with Crippen LogP contribution in [-0.4, -0.2) is 29.6 Å². The van der Waals surface area contributed by atoms with Gasteiger partial charge in [0.1, 0.15) is 11.6 Å². The molecule has 0 aliphatic carbocycles. The van der Waals surface area contributed by atoms with Crippen molar-refractivity contribution < 1.29 is 19.1 Å². The first-order valence-corrected chi connectivity index (χ1v) is 9.39. The van der Waals surface area contributed by atoms with Crippen LogP contribution < -0.4 is 5.32 Å². The van der Waals surface area contributed by atoms with Gasteiger partial charge in [0.15, 0.2) is 6.10 Å². The monoisotopic (exact) mass is 404 g/mol. The van der Waals surface area contributed by atoms with E-state index >= 15 is 0 Å². The summed E-state index contributed by atoms with van der Waals surface area (Å²) in [4.78, 5) is 28.4. The average Bonchev–Trinajstić information content (AvgIpc) is 3.04. The number of thiazole rings is 1. The number of hydrogen-bond donors (Lipinski definition) is 1. The second kappa shape index (κ2) is 8.94. The number of fused-ring (bicyclic) bond motifs is 1. The normalized spacial score (nSPS) is 11.9. The maximum atomic E-state index is 12.1. The number of carbonyl (C=O) groups is 2. The number of esters is 1. The van der Waals surface area contributed by atoms with E-state index in [0.717, 1.165) is 15.2 Å². The summed E-state index contributed by atoms with van der Waals surface area (Å²) in [5.74, 6) is -1.07. The van der Waals surface area contributed by atoms with Crippen LogP contribution in [0.4, 0.5) is 5.69 Å². The molecule has 8 heteroatoms. The number of benzene rings is 2. The number of hydrogen-bond acceptors (Lipinski definition) is 6. The van der Waals surface area contributed by atoms with Crippen LogP contribution in [0.15, 0.2) is 48.5 Å². The van der Waals surface area contributed by atoms with Gasteiger partial charge in [-0.25, -0.2) is 9.78 Å². The molecular weight excluding hydrogens is 388 g/mol. The third-order valence-corrected chi connectivity index (χ3v) is 4.80. The smallest absolute Gasteiger partial charge is 0.332 e. The van der Waals surface area contributed by atoms with E-state index in [2.05, 4.69) is 10.3 Å². The fourth-order valence-corrected chi connectivity index (χ4v) is 3.39. The number of carbonyl (C=O) groups excluding carboxylic acids is 2. The molecule has 0 saturated carbocycles. The van der Waals surface area contributed by atoms with Gasteiger partial charge in [0.05, 0.1) is 16.8 Å². The van der Waals surface area contributed by atoms with Crippen LogP contribution in [0.2, 0.25) is 5.02 Å². The van der Waals surface area contributed by atoms with Crippen LogP contribution in [0, 0.1) is 0 Å². The quantitative estimate of drug-likeness (QED) is 0.601. The van der Waals surface area contributed by atoms with Gasteiger partial charge in [-0.1, -0.05) is 29.8 Å². The van der Waals surface area contributed by atoms with Crippen molar-refractivity contribution in [2.75, 3.05) is 11.9 Å². The largest absolute Gasteiger partial charge is 0.451 e. The minimum Gasteiger partial charge on any atom is -0.451 e. The second-order valence-corrected chi connectivity index (χ2v) is 7.25. The molecule has 6 nitrogen and oxygen atoms in total. The third kappa shape index (κ3) is 5.50. The SMILES string of the molecule is C[C@H](OC(=O)COCc1nc2ccccc2s1)C(=O)Nc1cccc(Cl)c1. The Bertz CT molecular complexity index is 927. The lowest BCUT2D eigenvalue weighted by molar-refractivity contribution is -0.157. The van der Waals surface area contributed by atoms with E-state index in [-0.39, 0.29) is 13.2 Å². The van der Waals surface area contributed by atoms with Gasteiger partial charge in [-0.05, 0) is 37.3 Å². The number of ether oxygens (including phenoxy) is 2. The molecule has 0 saturated heterocycles. The number of aromatic nitrogens is 1. The second-order valence-electron chi connectivity index (χ2n) is 5.70. The first kappa shape index (κ1) is 19.3. The molecule has 0 bridgehead atoms. The molecule has 1 amide bonds. The minimum atomic E-state index is -0.956. The number of anilines is 1. The summed E-state index contributed by atoms with van der Waals surface area (Å²) in [7, 11) is 0. The Kier molecular flexibility index (Phi) is 6.39. The Balaban J connectivity index is 1.43. The molecule has 27 heavy (non-hydrogen) atoms. The fraction of sp³-hybridized carbons (Fsp3) is 0.211. The van der Waals surface area contributed by atoms with Gasteiger partial charge in [0.2, 0.25) is 0 Å². The maximum Gasteiger partial charge on any atom is 0.332 e. The summed E-state index contributed by atoms with van der Waals surface area (Å²) in [6.45, 7) is 1.44. The topological polar surface area (TPSA) is 77.5 Å². The van der Waals surface area contributed by atoms with Crippen LogP contribution in [0.3, 0.4) is 0 Å². The lowest BCUT2D eigenvalue weighted by atomic mass is 10.3. The Morgan fingerprint density at radius 2 is 2.04 bits per heavy atom. The highest BCUT2D eigenvalue weighted by Crippen LogP contribution is 2.22. The highest BCUT2D eigenvalue weighted by Gasteiger charge is 2.18. The zero-order chi connectivity index (χ0) is 19.2. The van der Waals surface area contributed by atoms with E-state index in [1.807, 2.05) is 24.3 Å². The predicted molar refractivity (Wildman–Crippen MR) is 105 cm³/mol. The third-order valence-electron chi connectivity index (χ3n) is 3.55. The number of amides is 1. The van der Waals surface area contributed by atoms with Crippen LogP contribution in [0.5, 0.6) is 0 Å². The summed E-state index contributed by atoms with van der Waals surface area (Å²) in [5.41, 5.74) is 1.43. The number of halogens is 1. The van der Waals surface area contributed by atoms with Gasteiger partial charge >= 0.3 is 5.97 Å². The minimum absolute atomic E-state index is 0.206. The van der Waals surface area contributed by atoms with Crippen molar-refractivity contribution in [2.45, 2.75) is 19.6 Å². The molecule has 1 heterocycles. The lowest BCUT2D eigenvalue weighted by Gasteiger charge is -2.13. The highest BCUT2D eigenvalue weighted by atomic mass is 35.5. The van der Waals surface area contributed by atoms with E-state index in [9.17, 15) is 9.59 Å². The summed E-state index contributed by atoms with van der Waals surface area (Å²) >= 11 is 7.38. The summed E-state index contributed by atoms with van der Waals surface area (Å²) in [6.07, 6.45) is -0.956. The molecule has 2 aromatic carbocycles. The molecule has 0 radical (unpaired) electrons. The van der Waals surface area contributed by atoms with Crippen molar-refractivity contribution in [3.63, 3.8) is 0 Å². The van der Waals surface area contributed by atoms with Crippen LogP contribution in [0.25, 0.3) is 10.2 Å². The van der Waals surface area contributed by atoms with Crippen molar-refractivity contribution >= 4 is 50.7 Å². The van der Waals surface area contributed by atoms with Crippen molar-refractivity contribution in [1.82, 2.24) is 4.98 Å². The van der Waals surface area contributed by atoms with E-state index in [0.29, 0.717) is 10.7 Å². The van der Waals surface area contributed by atoms with Crippen LogP contribution in [-0.2, 0) is 25.7 Å². The Hall–Kier alpha value is -2.48. The molecule has 0 fully saturated rings. The Morgan fingerprint density at radius 1 is 1.22 bits per heavy atom. The first-order valence-electron chi connectivity index (χ1n) is 8.19. The Morgan fingerprint density at radius 3 is 2.81 bits per heavy atom. The number of para-hydroxylation sites is 1. The molecular formula is C19H17ClN2O4S. The number of rotatable bonds is 7. The molecule has 140 valence electrons. The van der Waals surface area contributed by atoms with Crippen molar-refractivity contribution in [3.8, 4) is 0 Å². The van der Waals surface area contributed by atoms with Gasteiger partial charge in [-0.2, -0.15) is 0 Å². The van der Waals surface area contributed by atoms with Crippen molar-refractivity contribution in [2.24, 2.45) is 0 Å². The Labute approximate surface area is 165 Å². The van der Waals surface area contributed by atoms with E-state index in [4.69, 9.17) is 21.1 Å². The summed E-state index contributed by atoms with van der Waals surface area (Å²) in [5, 5.41) is 3.91. The first-order chi connectivity index (χ1) is 13.0. The van der Waals surface area contributed by atoms with Gasteiger partial charge in [-0.15, -0.1) is 11.3 Å². The maximum absolute atomic E-state index is 12.1. The van der Waals surface area contributed by atoms with Crippen molar-refractivity contribution in [1.29, 1.82) is 0 Å². The summed E-state index contributed by atoms with van der Waals surface area (Å²) < 4.78 is 11.5. The molecule has 3 rings (SSSR count). The molecule has 1 atom stereocenters. The molecule has 0 aliphatic heterocycles. The molecule has 3 aromatic rings. The number of nitrogens with one attached hydrogen (secondary N) is 1. The van der Waals surface area contributed by atoms with E-state index < -0.39 is 18.0 Å². The predicted octanol–water partition coefficient (Wildman–Crippen LogP) is 4.04. The zero-order valence-electron chi connectivity index (χ0n) is 14.5. The lowest BCUT2D eigenvalue weighted by Crippen LogP contribution is -2.31. The van der Waals surface area contributed by atoms with Gasteiger partial charge in [0.25, 0.3) is 5.91 Å². The molecule has 1 N–H and O–H groups in total.